The molecule has 31 heavy (non-hydrogen) atoms. The summed E-state index contributed by atoms with van der Waals surface area (Å²) in [5.41, 5.74) is 6.08. The molecule has 0 amide bonds. The highest BCUT2D eigenvalue weighted by molar-refractivity contribution is 5.76. The molecule has 1 aromatic rings. The molecule has 0 aromatic heterocycles. The minimum absolute atomic E-state index is 0.0824. The molecule has 0 unspecified atom stereocenters. The van der Waals surface area contributed by atoms with Gasteiger partial charge in [0.2, 0.25) is 0 Å². The molecule has 3 aliphatic rings. The van der Waals surface area contributed by atoms with Gasteiger partial charge in [0, 0.05) is 35.8 Å². The molecule has 1 aromatic carbocycles. The number of benzene rings is 1. The van der Waals surface area contributed by atoms with Crippen molar-refractivity contribution in [3.8, 4) is 12.1 Å². The van der Waals surface area contributed by atoms with Gasteiger partial charge in [-0.05, 0) is 59.1 Å². The molecule has 0 saturated carbocycles. The first kappa shape index (κ1) is 21.3. The van der Waals surface area contributed by atoms with Crippen molar-refractivity contribution in [3.63, 3.8) is 0 Å². The minimum atomic E-state index is 0.0824. The first-order valence-corrected chi connectivity index (χ1v) is 11.2. The van der Waals surface area contributed by atoms with Gasteiger partial charge in [-0.3, -0.25) is 0 Å². The number of nitriles is 2. The third-order valence-electron chi connectivity index (χ3n) is 7.08. The predicted octanol–water partition coefficient (Wildman–Crippen LogP) is 6.11. The van der Waals surface area contributed by atoms with Crippen LogP contribution in [0.1, 0.15) is 71.1 Å². The van der Waals surface area contributed by atoms with Gasteiger partial charge in [0.25, 0.3) is 0 Å². The highest BCUT2D eigenvalue weighted by atomic mass is 16.5. The van der Waals surface area contributed by atoms with Crippen LogP contribution in [0, 0.1) is 28.6 Å². The zero-order chi connectivity index (χ0) is 22.6. The number of rotatable bonds is 2. The number of allylic oxidation sites excluding steroid dienone is 5. The number of ether oxygens (including phenoxy) is 1. The van der Waals surface area contributed by atoms with Gasteiger partial charge in [0.1, 0.15) is 29.2 Å². The van der Waals surface area contributed by atoms with Gasteiger partial charge >= 0.3 is 0 Å². The van der Waals surface area contributed by atoms with Crippen molar-refractivity contribution in [2.75, 3.05) is 18.0 Å². The maximum atomic E-state index is 9.44. The van der Waals surface area contributed by atoms with E-state index < -0.39 is 0 Å². The highest BCUT2D eigenvalue weighted by Gasteiger charge is 2.40. The first-order chi connectivity index (χ1) is 14.6. The van der Waals surface area contributed by atoms with Gasteiger partial charge < -0.3 is 9.64 Å². The third-order valence-corrected chi connectivity index (χ3v) is 7.08. The lowest BCUT2D eigenvalue weighted by Crippen LogP contribution is -2.44. The van der Waals surface area contributed by atoms with Gasteiger partial charge in [-0.15, -0.1) is 0 Å². The molecule has 4 heteroatoms. The Hall–Kier alpha value is -2.98. The lowest BCUT2D eigenvalue weighted by molar-refractivity contribution is 0.326. The highest BCUT2D eigenvalue weighted by Crippen LogP contribution is 2.50. The second kappa shape index (κ2) is 7.31. The van der Waals surface area contributed by atoms with Crippen LogP contribution in [0.4, 0.5) is 5.69 Å². The Balaban J connectivity index is 1.95. The van der Waals surface area contributed by atoms with E-state index in [9.17, 15) is 10.5 Å². The molecule has 0 fully saturated rings. The SMILES string of the molecule is CC(C)C1=CC(=C(C#N)C#N)C=C(c2cc3c4c(c2)C(C)(C)CCN4CCC3(C)C)O1. The van der Waals surface area contributed by atoms with Gasteiger partial charge in [0.05, 0.1) is 0 Å². The van der Waals surface area contributed by atoms with E-state index in [1.54, 1.807) is 0 Å². The maximum Gasteiger partial charge on any atom is 0.137 e. The van der Waals surface area contributed by atoms with Crippen molar-refractivity contribution < 1.29 is 4.74 Å². The first-order valence-electron chi connectivity index (χ1n) is 11.2. The summed E-state index contributed by atoms with van der Waals surface area (Å²) in [6, 6.07) is 8.62. The molecule has 3 aliphatic heterocycles. The molecule has 0 radical (unpaired) electrons. The summed E-state index contributed by atoms with van der Waals surface area (Å²) >= 11 is 0. The monoisotopic (exact) mass is 413 g/mol. The zero-order valence-electron chi connectivity index (χ0n) is 19.5. The Labute approximate surface area is 186 Å². The number of hydrogen-bond donors (Lipinski definition) is 0. The molecule has 0 aliphatic carbocycles. The largest absolute Gasteiger partial charge is 0.461 e. The molecule has 4 nitrogen and oxygen atoms in total. The van der Waals surface area contributed by atoms with Crippen LogP contribution in [0.15, 0.2) is 41.2 Å². The number of hydrogen-bond acceptors (Lipinski definition) is 4. The molecule has 160 valence electrons. The second-order valence-electron chi connectivity index (χ2n) is 10.5. The molecular weight excluding hydrogens is 382 g/mol. The quantitative estimate of drug-likeness (QED) is 0.549. The summed E-state index contributed by atoms with van der Waals surface area (Å²) in [6.45, 7) is 15.6. The van der Waals surface area contributed by atoms with Crippen LogP contribution in [0.2, 0.25) is 0 Å². The van der Waals surface area contributed by atoms with Crippen molar-refractivity contribution in [2.45, 2.75) is 65.2 Å². The van der Waals surface area contributed by atoms with Crippen LogP contribution >= 0.6 is 0 Å². The fraction of sp³-hybridized carbons (Fsp3) is 0.481. The fourth-order valence-corrected chi connectivity index (χ4v) is 4.83. The Morgan fingerprint density at radius 2 is 1.52 bits per heavy atom. The van der Waals surface area contributed by atoms with E-state index in [-0.39, 0.29) is 22.3 Å². The van der Waals surface area contributed by atoms with Crippen LogP contribution in [0.5, 0.6) is 0 Å². The van der Waals surface area contributed by atoms with E-state index in [1.807, 2.05) is 24.3 Å². The average Bonchev–Trinajstić information content (AvgIpc) is 2.73. The smallest absolute Gasteiger partial charge is 0.137 e. The lowest BCUT2D eigenvalue weighted by Gasteiger charge is -2.48. The number of nitrogens with zero attached hydrogens (tertiary/aromatic N) is 3. The molecule has 3 heterocycles. The number of anilines is 1. The Kier molecular flexibility index (Phi) is 5.01. The van der Waals surface area contributed by atoms with Gasteiger partial charge in [0.15, 0.2) is 0 Å². The molecular formula is C27H31N3O. The molecule has 0 atom stereocenters. The third kappa shape index (κ3) is 3.55. The maximum absolute atomic E-state index is 9.44. The summed E-state index contributed by atoms with van der Waals surface area (Å²) in [7, 11) is 0. The standard InChI is InChI=1S/C27H31N3O/c1-17(2)23-13-18(20(15-28)16-29)14-24(31-23)19-11-21-25-22(12-19)27(5,6)8-10-30(25)9-7-26(21,3)4/h11-14,17H,7-10H2,1-6H3. The summed E-state index contributed by atoms with van der Waals surface area (Å²) in [5, 5.41) is 18.9. The van der Waals surface area contributed by atoms with E-state index in [2.05, 4.69) is 58.6 Å². The summed E-state index contributed by atoms with van der Waals surface area (Å²) < 4.78 is 6.33. The molecule has 0 N–H and O–H groups in total. The van der Waals surface area contributed by atoms with Crippen LogP contribution in [-0.4, -0.2) is 13.1 Å². The minimum Gasteiger partial charge on any atom is -0.461 e. The van der Waals surface area contributed by atoms with Crippen LogP contribution in [0.3, 0.4) is 0 Å². The Morgan fingerprint density at radius 3 is 2.00 bits per heavy atom. The Morgan fingerprint density at radius 1 is 0.968 bits per heavy atom. The normalized spacial score (nSPS) is 20.7. The van der Waals surface area contributed by atoms with E-state index in [1.165, 1.54) is 16.8 Å². The molecule has 0 saturated heterocycles. The van der Waals surface area contributed by atoms with E-state index >= 15 is 0 Å². The Bertz CT molecular complexity index is 1060. The van der Waals surface area contributed by atoms with E-state index in [0.717, 1.165) is 43.0 Å². The van der Waals surface area contributed by atoms with Crippen molar-refractivity contribution in [2.24, 2.45) is 5.92 Å². The van der Waals surface area contributed by atoms with Crippen LogP contribution in [-0.2, 0) is 15.6 Å². The summed E-state index contributed by atoms with van der Waals surface area (Å²) in [6.07, 6.45) is 5.93. The molecule has 4 rings (SSSR count). The van der Waals surface area contributed by atoms with E-state index in [4.69, 9.17) is 4.74 Å². The molecule has 0 bridgehead atoms. The topological polar surface area (TPSA) is 60.0 Å². The summed E-state index contributed by atoms with van der Waals surface area (Å²) in [4.78, 5) is 2.55. The summed E-state index contributed by atoms with van der Waals surface area (Å²) in [5.74, 6) is 1.65. The van der Waals surface area contributed by atoms with Crippen molar-refractivity contribution >= 4 is 11.4 Å². The van der Waals surface area contributed by atoms with Gasteiger partial charge in [-0.25, -0.2) is 0 Å². The predicted molar refractivity (Wildman–Crippen MR) is 124 cm³/mol. The average molecular weight is 414 g/mol. The lowest BCUT2D eigenvalue weighted by atomic mass is 9.69. The van der Waals surface area contributed by atoms with Gasteiger partial charge in [-0.1, -0.05) is 41.5 Å². The van der Waals surface area contributed by atoms with Crippen molar-refractivity contribution in [3.05, 3.63) is 57.9 Å². The molecule has 0 spiro atoms. The van der Waals surface area contributed by atoms with E-state index in [0.29, 0.717) is 5.57 Å². The fourth-order valence-electron chi connectivity index (χ4n) is 4.83. The van der Waals surface area contributed by atoms with Crippen molar-refractivity contribution in [1.82, 2.24) is 0 Å². The van der Waals surface area contributed by atoms with Crippen LogP contribution < -0.4 is 4.90 Å². The van der Waals surface area contributed by atoms with Crippen LogP contribution in [0.25, 0.3) is 5.76 Å². The zero-order valence-corrected chi connectivity index (χ0v) is 19.5. The second-order valence-corrected chi connectivity index (χ2v) is 10.5. The van der Waals surface area contributed by atoms with Crippen molar-refractivity contribution in [1.29, 1.82) is 10.5 Å². The van der Waals surface area contributed by atoms with Gasteiger partial charge in [-0.2, -0.15) is 10.5 Å².